The van der Waals surface area contributed by atoms with Gasteiger partial charge in [-0.15, -0.1) is 35.3 Å². The van der Waals surface area contributed by atoms with E-state index in [0.717, 1.165) is 50.1 Å². The molecule has 0 saturated carbocycles. The molecule has 2 aromatic rings. The van der Waals surface area contributed by atoms with Crippen LogP contribution in [0.2, 0.25) is 0 Å². The van der Waals surface area contributed by atoms with E-state index in [1.54, 1.807) is 24.5 Å². The number of benzene rings is 1. The van der Waals surface area contributed by atoms with E-state index in [0.29, 0.717) is 5.69 Å². The van der Waals surface area contributed by atoms with Crippen molar-refractivity contribution < 1.29 is 4.39 Å². The Hall–Kier alpha value is -1.42. The van der Waals surface area contributed by atoms with Crippen LogP contribution in [0.1, 0.15) is 9.88 Å². The van der Waals surface area contributed by atoms with Gasteiger partial charge in [0.15, 0.2) is 5.96 Å². The number of thiazole rings is 1. The summed E-state index contributed by atoms with van der Waals surface area (Å²) >= 11 is 1.74. The van der Waals surface area contributed by atoms with Gasteiger partial charge in [0.05, 0.1) is 10.7 Å². The molecule has 5 nitrogen and oxygen atoms in total. The zero-order valence-corrected chi connectivity index (χ0v) is 18.3. The summed E-state index contributed by atoms with van der Waals surface area (Å²) in [4.78, 5) is 14.3. The second-order valence-electron chi connectivity index (χ2n) is 6.01. The Balaban J connectivity index is 0.00000243. The number of rotatable bonds is 4. The Bertz CT molecular complexity index is 728. The fraction of sp³-hybridized carbons (Fsp3) is 0.444. The van der Waals surface area contributed by atoms with Crippen molar-refractivity contribution in [2.75, 3.05) is 44.7 Å². The summed E-state index contributed by atoms with van der Waals surface area (Å²) in [5, 5.41) is 4.56. The predicted molar refractivity (Wildman–Crippen MR) is 118 cm³/mol. The van der Waals surface area contributed by atoms with E-state index in [4.69, 9.17) is 0 Å². The number of halogens is 2. The third kappa shape index (κ3) is 5.29. The molecule has 1 aromatic carbocycles. The lowest BCUT2D eigenvalue weighted by Crippen LogP contribution is -2.53. The maximum Gasteiger partial charge on any atom is 0.193 e. The molecular weight excluding hydrogens is 464 g/mol. The van der Waals surface area contributed by atoms with Gasteiger partial charge in [-0.1, -0.05) is 12.1 Å². The van der Waals surface area contributed by atoms with Gasteiger partial charge in [0.2, 0.25) is 0 Å². The topological polar surface area (TPSA) is 43.8 Å². The first-order chi connectivity index (χ1) is 12.2. The molecule has 1 saturated heterocycles. The van der Waals surface area contributed by atoms with E-state index >= 15 is 0 Å². The van der Waals surface area contributed by atoms with Crippen LogP contribution >= 0.6 is 35.3 Å². The standard InChI is InChI=1S/C18H24FN5S.HI/c1-14-13-22-17(25-14)7-8-21-18(20-2)24-11-9-23(10-12-24)16-6-4-3-5-15(16)19;/h3-6,13H,7-12H2,1-2H3,(H,20,21);1H. The third-order valence-corrected chi connectivity index (χ3v) is 5.25. The molecule has 0 aliphatic carbocycles. The number of hydrogen-bond acceptors (Lipinski definition) is 4. The lowest BCUT2D eigenvalue weighted by Gasteiger charge is -2.37. The highest BCUT2D eigenvalue weighted by atomic mass is 127. The van der Waals surface area contributed by atoms with E-state index in [1.807, 2.05) is 18.3 Å². The number of para-hydroxylation sites is 1. The molecule has 1 aromatic heterocycles. The van der Waals surface area contributed by atoms with Crippen LogP contribution in [0.25, 0.3) is 0 Å². The zero-order valence-electron chi connectivity index (χ0n) is 15.1. The van der Waals surface area contributed by atoms with E-state index in [-0.39, 0.29) is 29.8 Å². The number of nitrogens with one attached hydrogen (secondary N) is 1. The molecule has 8 heteroatoms. The van der Waals surface area contributed by atoms with Gasteiger partial charge in [-0.05, 0) is 19.1 Å². The van der Waals surface area contributed by atoms with Crippen LogP contribution in [0.4, 0.5) is 10.1 Å². The fourth-order valence-electron chi connectivity index (χ4n) is 3.00. The van der Waals surface area contributed by atoms with Crippen molar-refractivity contribution in [2.45, 2.75) is 13.3 Å². The van der Waals surface area contributed by atoms with Gasteiger partial charge in [-0.3, -0.25) is 4.99 Å². The Morgan fingerprint density at radius 1 is 1.27 bits per heavy atom. The molecule has 1 aliphatic heterocycles. The number of piperazine rings is 1. The van der Waals surface area contributed by atoms with Crippen molar-refractivity contribution in [1.82, 2.24) is 15.2 Å². The van der Waals surface area contributed by atoms with Crippen LogP contribution in [0.5, 0.6) is 0 Å². The molecule has 3 rings (SSSR count). The van der Waals surface area contributed by atoms with Gasteiger partial charge in [0, 0.05) is 57.3 Å². The van der Waals surface area contributed by atoms with E-state index in [1.165, 1.54) is 10.9 Å². The average molecular weight is 489 g/mol. The van der Waals surface area contributed by atoms with Gasteiger partial charge >= 0.3 is 0 Å². The molecule has 1 fully saturated rings. The Morgan fingerprint density at radius 3 is 2.62 bits per heavy atom. The maximum atomic E-state index is 13.9. The summed E-state index contributed by atoms with van der Waals surface area (Å²) in [7, 11) is 1.80. The molecule has 142 valence electrons. The summed E-state index contributed by atoms with van der Waals surface area (Å²) in [5.41, 5.74) is 0.684. The van der Waals surface area contributed by atoms with Gasteiger partial charge in [0.25, 0.3) is 0 Å². The fourth-order valence-corrected chi connectivity index (χ4v) is 3.78. The smallest absolute Gasteiger partial charge is 0.193 e. The quantitative estimate of drug-likeness (QED) is 0.407. The van der Waals surface area contributed by atoms with Crippen LogP contribution in [-0.2, 0) is 6.42 Å². The number of hydrogen-bond donors (Lipinski definition) is 1. The second kappa shape index (κ2) is 10.1. The summed E-state index contributed by atoms with van der Waals surface area (Å²) in [6.45, 7) is 6.10. The van der Waals surface area contributed by atoms with Crippen LogP contribution in [-0.4, -0.2) is 55.6 Å². The highest BCUT2D eigenvalue weighted by Crippen LogP contribution is 2.20. The second-order valence-corrected chi connectivity index (χ2v) is 7.33. The Kier molecular flexibility index (Phi) is 8.08. The molecule has 0 unspecified atom stereocenters. The van der Waals surface area contributed by atoms with Crippen molar-refractivity contribution in [3.63, 3.8) is 0 Å². The summed E-state index contributed by atoms with van der Waals surface area (Å²) < 4.78 is 13.9. The largest absolute Gasteiger partial charge is 0.366 e. The van der Waals surface area contributed by atoms with Crippen molar-refractivity contribution in [3.05, 3.63) is 46.2 Å². The number of aromatic nitrogens is 1. The van der Waals surface area contributed by atoms with Crippen molar-refractivity contribution >= 4 is 47.0 Å². The SMILES string of the molecule is CN=C(NCCc1ncc(C)s1)N1CCN(c2ccccc2F)CC1.I. The first kappa shape index (κ1) is 20.9. The van der Waals surface area contributed by atoms with Gasteiger partial charge in [-0.25, -0.2) is 9.37 Å². The average Bonchev–Trinajstić information content (AvgIpc) is 3.05. The molecule has 26 heavy (non-hydrogen) atoms. The third-order valence-electron chi connectivity index (χ3n) is 4.28. The number of aryl methyl sites for hydroxylation is 1. The first-order valence-corrected chi connectivity index (χ1v) is 9.35. The van der Waals surface area contributed by atoms with Crippen LogP contribution in [0.15, 0.2) is 35.5 Å². The van der Waals surface area contributed by atoms with Crippen LogP contribution in [0, 0.1) is 12.7 Å². The zero-order chi connectivity index (χ0) is 17.6. The molecule has 0 radical (unpaired) electrons. The Morgan fingerprint density at radius 2 is 2.00 bits per heavy atom. The van der Waals surface area contributed by atoms with E-state index in [9.17, 15) is 4.39 Å². The summed E-state index contributed by atoms with van der Waals surface area (Å²) in [5.74, 6) is 0.749. The molecule has 1 N–H and O–H groups in total. The minimum atomic E-state index is -0.155. The van der Waals surface area contributed by atoms with Crippen LogP contribution < -0.4 is 10.2 Å². The number of anilines is 1. The highest BCUT2D eigenvalue weighted by molar-refractivity contribution is 14.0. The van der Waals surface area contributed by atoms with Gasteiger partial charge < -0.3 is 15.1 Å². The predicted octanol–water partition coefficient (Wildman–Crippen LogP) is 3.15. The summed E-state index contributed by atoms with van der Waals surface area (Å²) in [6.07, 6.45) is 2.81. The molecule has 0 bridgehead atoms. The number of guanidine groups is 1. The highest BCUT2D eigenvalue weighted by Gasteiger charge is 2.21. The lowest BCUT2D eigenvalue weighted by atomic mass is 10.2. The summed E-state index contributed by atoms with van der Waals surface area (Å²) in [6, 6.07) is 6.97. The van der Waals surface area contributed by atoms with E-state index in [2.05, 4.69) is 32.0 Å². The minimum Gasteiger partial charge on any atom is -0.366 e. The van der Waals surface area contributed by atoms with Gasteiger partial charge in [-0.2, -0.15) is 0 Å². The maximum absolute atomic E-state index is 13.9. The lowest BCUT2D eigenvalue weighted by molar-refractivity contribution is 0.371. The first-order valence-electron chi connectivity index (χ1n) is 8.54. The molecule has 0 amide bonds. The molecule has 0 atom stereocenters. The Labute approximate surface area is 175 Å². The number of nitrogens with zero attached hydrogens (tertiary/aromatic N) is 4. The molecule has 1 aliphatic rings. The van der Waals surface area contributed by atoms with Crippen molar-refractivity contribution in [3.8, 4) is 0 Å². The van der Waals surface area contributed by atoms with E-state index < -0.39 is 0 Å². The van der Waals surface area contributed by atoms with Crippen molar-refractivity contribution in [1.29, 1.82) is 0 Å². The molecule has 0 spiro atoms. The monoisotopic (exact) mass is 489 g/mol. The number of aliphatic imine (C=N–C) groups is 1. The van der Waals surface area contributed by atoms with Gasteiger partial charge in [0.1, 0.15) is 5.82 Å². The van der Waals surface area contributed by atoms with Crippen LogP contribution in [0.3, 0.4) is 0 Å². The molecular formula is C18H25FIN5S. The minimum absolute atomic E-state index is 0. The molecule has 2 heterocycles. The normalized spacial score (nSPS) is 15.0. The van der Waals surface area contributed by atoms with Crippen molar-refractivity contribution in [2.24, 2.45) is 4.99 Å².